The summed E-state index contributed by atoms with van der Waals surface area (Å²) in [5, 5.41) is 30.6. The molecule has 320 valence electrons. The lowest BCUT2D eigenvalue weighted by molar-refractivity contribution is -0.164. The Labute approximate surface area is 366 Å². The zero-order valence-corrected chi connectivity index (χ0v) is 36.9. The third-order valence-corrected chi connectivity index (χ3v) is 13.2. The number of hydrogen-bond acceptors (Lipinski definition) is 11. The first-order valence-corrected chi connectivity index (χ1v) is 21.6. The van der Waals surface area contributed by atoms with Crippen LogP contribution >= 0.6 is 11.6 Å². The Balaban J connectivity index is 0.859. The molecule has 1 saturated heterocycles. The maximum atomic E-state index is 13.6. The van der Waals surface area contributed by atoms with E-state index in [0.717, 1.165) is 89.3 Å². The summed E-state index contributed by atoms with van der Waals surface area (Å²) in [7, 11) is 3.89. The molecule has 1 saturated carbocycles. The second-order valence-corrected chi connectivity index (χ2v) is 18.5. The lowest BCUT2D eigenvalue weighted by atomic mass is 9.49. The van der Waals surface area contributed by atoms with Crippen molar-refractivity contribution < 1.29 is 14.3 Å². The Bertz CT molecular complexity index is 2690. The zero-order valence-electron chi connectivity index (χ0n) is 36.2. The number of piperidine rings is 1. The summed E-state index contributed by atoms with van der Waals surface area (Å²) in [6.07, 6.45) is 9.44. The van der Waals surface area contributed by atoms with Crippen LogP contribution in [0.2, 0.25) is 5.02 Å². The number of nitrogens with one attached hydrogen (secondary N) is 3. The molecule has 1 aliphatic carbocycles. The van der Waals surface area contributed by atoms with E-state index >= 15 is 0 Å². The number of anilines is 3. The van der Waals surface area contributed by atoms with Crippen LogP contribution in [0.25, 0.3) is 33.3 Å². The van der Waals surface area contributed by atoms with Crippen LogP contribution < -0.4 is 30.3 Å². The van der Waals surface area contributed by atoms with Crippen molar-refractivity contribution in [3.63, 3.8) is 0 Å². The van der Waals surface area contributed by atoms with Crippen LogP contribution in [0.15, 0.2) is 73.3 Å². The van der Waals surface area contributed by atoms with Crippen LogP contribution in [-0.4, -0.2) is 79.4 Å². The number of benzene rings is 3. The SMILES string of the molecule is CC1CCNc2cc(OC3CCN(c4ncc(C(=O)NC5C(C)(C)C(Oc6ccc(C#N)c(Cl)c6)C5(C)C)cn4)CC3)cc(-c3ccc4c(c3)c(-c3cnn(C)c3)nn4C)c2N1. The van der Waals surface area contributed by atoms with Crippen molar-refractivity contribution in [1.29, 1.82) is 5.26 Å². The van der Waals surface area contributed by atoms with Crippen molar-refractivity contribution in [1.82, 2.24) is 34.8 Å². The van der Waals surface area contributed by atoms with E-state index in [9.17, 15) is 10.1 Å². The van der Waals surface area contributed by atoms with E-state index in [1.165, 1.54) is 0 Å². The molecular formula is C47H52ClN11O3. The van der Waals surface area contributed by atoms with Gasteiger partial charge in [-0.3, -0.25) is 14.2 Å². The third-order valence-electron chi connectivity index (χ3n) is 12.9. The van der Waals surface area contributed by atoms with Gasteiger partial charge in [0.25, 0.3) is 5.91 Å². The Morgan fingerprint density at radius 2 is 1.69 bits per heavy atom. The molecule has 9 rings (SSSR count). The predicted octanol–water partition coefficient (Wildman–Crippen LogP) is 8.23. The number of halogens is 1. The lowest BCUT2D eigenvalue weighted by Gasteiger charge is -2.63. The molecule has 62 heavy (non-hydrogen) atoms. The molecule has 3 N–H and O–H groups in total. The van der Waals surface area contributed by atoms with Crippen molar-refractivity contribution in [2.24, 2.45) is 24.9 Å². The number of amides is 1. The molecular weight excluding hydrogens is 802 g/mol. The molecule has 0 radical (unpaired) electrons. The largest absolute Gasteiger partial charge is 0.490 e. The van der Waals surface area contributed by atoms with Crippen molar-refractivity contribution in [3.8, 4) is 40.0 Å². The van der Waals surface area contributed by atoms with E-state index in [1.807, 2.05) is 31.2 Å². The van der Waals surface area contributed by atoms with Gasteiger partial charge < -0.3 is 30.3 Å². The number of nitrogens with zero attached hydrogens (tertiary/aromatic N) is 8. The molecule has 3 aromatic carbocycles. The van der Waals surface area contributed by atoms with Gasteiger partial charge in [-0.1, -0.05) is 45.4 Å². The van der Waals surface area contributed by atoms with Crippen LogP contribution in [0.5, 0.6) is 11.5 Å². The maximum absolute atomic E-state index is 13.6. The Morgan fingerprint density at radius 3 is 2.39 bits per heavy atom. The smallest absolute Gasteiger partial charge is 0.254 e. The maximum Gasteiger partial charge on any atom is 0.254 e. The summed E-state index contributed by atoms with van der Waals surface area (Å²) in [6, 6.07) is 18.1. The molecule has 1 atom stereocenters. The van der Waals surface area contributed by atoms with Gasteiger partial charge >= 0.3 is 0 Å². The number of fused-ring (bicyclic) bond motifs is 2. The quantitative estimate of drug-likeness (QED) is 0.129. The summed E-state index contributed by atoms with van der Waals surface area (Å²) < 4.78 is 16.9. The minimum Gasteiger partial charge on any atom is -0.490 e. The van der Waals surface area contributed by atoms with Crippen LogP contribution in [0.3, 0.4) is 0 Å². The summed E-state index contributed by atoms with van der Waals surface area (Å²) in [4.78, 5) is 25.0. The second-order valence-electron chi connectivity index (χ2n) is 18.1. The number of carbonyl (C=O) groups excluding carboxylic acids is 1. The predicted molar refractivity (Wildman–Crippen MR) is 242 cm³/mol. The van der Waals surface area contributed by atoms with E-state index in [4.69, 9.17) is 26.2 Å². The van der Waals surface area contributed by atoms with Gasteiger partial charge in [0.05, 0.1) is 39.2 Å². The minimum atomic E-state index is -0.391. The van der Waals surface area contributed by atoms with Gasteiger partial charge in [-0.05, 0) is 49.2 Å². The molecule has 3 aliphatic rings. The highest BCUT2D eigenvalue weighted by atomic mass is 35.5. The zero-order chi connectivity index (χ0) is 43.5. The molecule has 1 unspecified atom stereocenters. The highest BCUT2D eigenvalue weighted by Gasteiger charge is 2.64. The molecule has 3 aromatic heterocycles. The Hall–Kier alpha value is -6.33. The van der Waals surface area contributed by atoms with Gasteiger partial charge in [-0.2, -0.15) is 15.5 Å². The lowest BCUT2D eigenvalue weighted by Crippen LogP contribution is -2.74. The van der Waals surface area contributed by atoms with Crippen LogP contribution in [0.1, 0.15) is 69.8 Å². The van der Waals surface area contributed by atoms with Crippen molar-refractivity contribution in [2.45, 2.75) is 78.2 Å². The van der Waals surface area contributed by atoms with E-state index in [2.05, 4.69) is 107 Å². The first kappa shape index (κ1) is 41.0. The fraction of sp³-hybridized carbons (Fsp3) is 0.404. The molecule has 2 aliphatic heterocycles. The van der Waals surface area contributed by atoms with E-state index in [1.54, 1.807) is 35.3 Å². The first-order valence-electron chi connectivity index (χ1n) is 21.2. The standard InChI is InChI=1S/C47H52ClN11O3/c1-27-12-15-50-38-21-34(19-35(41(38)54-27)28-9-11-39-36(18-28)40(56-58(39)7)31-25-53-57(6)26-31)61-32-13-16-59(17-14-32)45-51-23-30(24-52-45)42(60)55-43-46(2,3)44(47(43,4)5)62-33-10-8-29(22-49)37(48)20-33/h8-11,18-21,23-27,32,43-44,50,54H,12-17H2,1-7H3,(H,55,60). The molecule has 6 aromatic rings. The average Bonchev–Trinajstić information content (AvgIpc) is 3.77. The van der Waals surface area contributed by atoms with Crippen molar-refractivity contribution in [2.75, 3.05) is 35.2 Å². The Kier molecular flexibility index (Phi) is 10.5. The molecule has 0 bridgehead atoms. The number of hydrogen-bond donors (Lipinski definition) is 3. The monoisotopic (exact) mass is 853 g/mol. The van der Waals surface area contributed by atoms with E-state index < -0.39 is 10.8 Å². The Morgan fingerprint density at radius 1 is 0.935 bits per heavy atom. The minimum absolute atomic E-state index is 0.00809. The van der Waals surface area contributed by atoms with E-state index in [0.29, 0.717) is 33.9 Å². The van der Waals surface area contributed by atoms with Gasteiger partial charge in [0.2, 0.25) is 5.95 Å². The fourth-order valence-electron chi connectivity index (χ4n) is 9.92. The van der Waals surface area contributed by atoms with Crippen molar-refractivity contribution >= 4 is 45.7 Å². The van der Waals surface area contributed by atoms with Gasteiger partial charge in [-0.15, -0.1) is 0 Å². The van der Waals surface area contributed by atoms with Crippen LogP contribution in [0.4, 0.5) is 17.3 Å². The summed E-state index contributed by atoms with van der Waals surface area (Å²) in [6.45, 7) is 12.8. The third kappa shape index (κ3) is 7.52. The van der Waals surface area contributed by atoms with Crippen LogP contribution in [-0.2, 0) is 14.1 Å². The number of carbonyl (C=O) groups is 1. The van der Waals surface area contributed by atoms with Gasteiger partial charge in [0.1, 0.15) is 35.5 Å². The number of ether oxygens (including phenoxy) is 2. The molecule has 5 heterocycles. The number of aromatic nitrogens is 6. The number of rotatable bonds is 9. The molecule has 2 fully saturated rings. The topological polar surface area (TPSA) is 160 Å². The van der Waals surface area contributed by atoms with Gasteiger partial charge in [0, 0.05) is 117 Å². The number of aryl methyl sites for hydroxylation is 2. The molecule has 1 amide bonds. The fourth-order valence-corrected chi connectivity index (χ4v) is 10.1. The normalized spacial score (nSPS) is 20.5. The number of nitriles is 1. The van der Waals surface area contributed by atoms with Crippen LogP contribution in [0, 0.1) is 22.2 Å². The molecule has 15 heteroatoms. The highest BCUT2D eigenvalue weighted by Crippen LogP contribution is 2.55. The molecule has 14 nitrogen and oxygen atoms in total. The first-order chi connectivity index (χ1) is 29.7. The second kappa shape index (κ2) is 15.9. The van der Waals surface area contributed by atoms with Crippen molar-refractivity contribution in [3.05, 3.63) is 89.5 Å². The average molecular weight is 854 g/mol. The van der Waals surface area contributed by atoms with Gasteiger partial charge in [-0.25, -0.2) is 9.97 Å². The summed E-state index contributed by atoms with van der Waals surface area (Å²) in [5.41, 5.74) is 7.19. The summed E-state index contributed by atoms with van der Waals surface area (Å²) >= 11 is 6.27. The van der Waals surface area contributed by atoms with Gasteiger partial charge in [0.15, 0.2) is 0 Å². The molecule has 0 spiro atoms. The highest BCUT2D eigenvalue weighted by molar-refractivity contribution is 6.31. The summed E-state index contributed by atoms with van der Waals surface area (Å²) in [5.74, 6) is 1.76. The van der Waals surface area contributed by atoms with E-state index in [-0.39, 0.29) is 24.2 Å².